The summed E-state index contributed by atoms with van der Waals surface area (Å²) in [5.74, 6) is 1.77. The number of nitrogens with one attached hydrogen (secondary N) is 1. The molecule has 0 aliphatic heterocycles. The van der Waals surface area contributed by atoms with E-state index in [1.54, 1.807) is 19.2 Å². The molecule has 1 N–H and O–H groups in total. The highest BCUT2D eigenvalue weighted by atomic mass is 16.5. The number of rotatable bonds is 12. The molecule has 0 radical (unpaired) electrons. The molecule has 2 aromatic heterocycles. The second-order valence-corrected chi connectivity index (χ2v) is 9.44. The lowest BCUT2D eigenvalue weighted by atomic mass is 10.2. The van der Waals surface area contributed by atoms with Crippen LogP contribution in [0.5, 0.6) is 11.5 Å². The van der Waals surface area contributed by atoms with Crippen LogP contribution in [-0.2, 0) is 6.54 Å². The van der Waals surface area contributed by atoms with Crippen LogP contribution in [-0.4, -0.2) is 57.4 Å². The summed E-state index contributed by atoms with van der Waals surface area (Å²) >= 11 is 0. The number of likely N-dealkylation sites (N-methyl/N-ethyl adjacent to an activating group) is 1. The Kier molecular flexibility index (Phi) is 8.98. The quantitative estimate of drug-likeness (QED) is 0.291. The van der Waals surface area contributed by atoms with Crippen LogP contribution in [0.4, 0.5) is 11.6 Å². The van der Waals surface area contributed by atoms with E-state index in [0.29, 0.717) is 24.0 Å². The van der Waals surface area contributed by atoms with Gasteiger partial charge in [0.2, 0.25) is 5.95 Å². The van der Waals surface area contributed by atoms with E-state index < -0.39 is 11.2 Å². The van der Waals surface area contributed by atoms with Crippen molar-refractivity contribution in [1.29, 1.82) is 0 Å². The van der Waals surface area contributed by atoms with Crippen LogP contribution in [0.2, 0.25) is 0 Å². The van der Waals surface area contributed by atoms with E-state index in [4.69, 9.17) is 9.47 Å². The molecule has 4 aromatic rings. The van der Waals surface area contributed by atoms with Gasteiger partial charge < -0.3 is 19.7 Å². The van der Waals surface area contributed by atoms with Crippen molar-refractivity contribution in [3.8, 4) is 11.5 Å². The van der Waals surface area contributed by atoms with Crippen LogP contribution < -0.4 is 26.0 Å². The molecule has 0 saturated heterocycles. The molecule has 206 valence electrons. The van der Waals surface area contributed by atoms with Crippen LogP contribution in [0, 0.1) is 0 Å². The maximum atomic E-state index is 13.5. The minimum Gasteiger partial charge on any atom is -0.497 e. The molecular weight excluding hydrogens is 496 g/mol. The molecule has 39 heavy (non-hydrogen) atoms. The fraction of sp³-hybridized carbons (Fsp3) is 0.379. The normalized spacial score (nSPS) is 11.4. The van der Waals surface area contributed by atoms with Crippen molar-refractivity contribution in [3.05, 3.63) is 81.1 Å². The van der Waals surface area contributed by atoms with E-state index in [-0.39, 0.29) is 18.0 Å². The van der Waals surface area contributed by atoms with Crippen LogP contribution in [0.1, 0.15) is 39.3 Å². The molecule has 0 fully saturated rings. The topological polar surface area (TPSA) is 104 Å². The summed E-state index contributed by atoms with van der Waals surface area (Å²) in [6, 6.07) is 14.6. The standard InChI is InChI=1S/C29H36N6O4/c1-6-33(7-2)16-17-39-24-14-10-22(11-15-24)31-28-30-18-25-26(32-28)35(20(3)4)29(37)34(27(25)36)19-21-8-12-23(38-5)13-9-21/h8-15,18,20H,6-7,16-17,19H2,1-5H3,(H,30,31,32). The van der Waals surface area contributed by atoms with Gasteiger partial charge in [0.05, 0.1) is 13.7 Å². The summed E-state index contributed by atoms with van der Waals surface area (Å²) in [7, 11) is 1.59. The number of benzene rings is 2. The molecule has 0 spiro atoms. The minimum atomic E-state index is -0.430. The molecule has 0 saturated carbocycles. The van der Waals surface area contributed by atoms with Gasteiger partial charge in [0.15, 0.2) is 5.65 Å². The molecule has 2 heterocycles. The summed E-state index contributed by atoms with van der Waals surface area (Å²) in [6.45, 7) is 11.7. The largest absolute Gasteiger partial charge is 0.497 e. The van der Waals surface area contributed by atoms with Gasteiger partial charge in [-0.3, -0.25) is 13.9 Å². The third kappa shape index (κ3) is 6.46. The lowest BCUT2D eigenvalue weighted by Gasteiger charge is -2.18. The van der Waals surface area contributed by atoms with Crippen molar-refractivity contribution < 1.29 is 9.47 Å². The Morgan fingerprint density at radius 3 is 2.26 bits per heavy atom. The van der Waals surface area contributed by atoms with Crippen molar-refractivity contribution in [2.75, 3.05) is 38.7 Å². The van der Waals surface area contributed by atoms with Crippen molar-refractivity contribution >= 4 is 22.7 Å². The Morgan fingerprint density at radius 2 is 1.64 bits per heavy atom. The Balaban J connectivity index is 1.58. The van der Waals surface area contributed by atoms with E-state index in [9.17, 15) is 9.59 Å². The van der Waals surface area contributed by atoms with E-state index in [2.05, 4.69) is 34.0 Å². The average Bonchev–Trinajstić information content (AvgIpc) is 2.94. The van der Waals surface area contributed by atoms with Crippen LogP contribution in [0.25, 0.3) is 11.0 Å². The van der Waals surface area contributed by atoms with E-state index in [1.165, 1.54) is 15.3 Å². The Morgan fingerprint density at radius 1 is 0.974 bits per heavy atom. The van der Waals surface area contributed by atoms with Gasteiger partial charge in [-0.15, -0.1) is 0 Å². The van der Waals surface area contributed by atoms with E-state index in [0.717, 1.165) is 36.6 Å². The number of hydrogen-bond acceptors (Lipinski definition) is 8. The summed E-state index contributed by atoms with van der Waals surface area (Å²) < 4.78 is 13.8. The first kappa shape index (κ1) is 27.8. The maximum Gasteiger partial charge on any atom is 0.333 e. The van der Waals surface area contributed by atoms with Crippen LogP contribution in [0.3, 0.4) is 0 Å². The fourth-order valence-corrected chi connectivity index (χ4v) is 4.33. The third-order valence-corrected chi connectivity index (χ3v) is 6.61. The monoisotopic (exact) mass is 532 g/mol. The van der Waals surface area contributed by atoms with Gasteiger partial charge in [0.1, 0.15) is 23.5 Å². The smallest absolute Gasteiger partial charge is 0.333 e. The molecule has 2 aromatic carbocycles. The minimum absolute atomic E-state index is 0.133. The highest BCUT2D eigenvalue weighted by molar-refractivity contribution is 5.75. The molecule has 0 aliphatic rings. The highest BCUT2D eigenvalue weighted by Gasteiger charge is 2.18. The average molecular weight is 533 g/mol. The second kappa shape index (κ2) is 12.6. The Bertz CT molecular complexity index is 1510. The van der Waals surface area contributed by atoms with Crippen LogP contribution >= 0.6 is 0 Å². The SMILES string of the molecule is CCN(CC)CCOc1ccc(Nc2ncc3c(=O)n(Cc4ccc(OC)cc4)c(=O)n(C(C)C)c3n2)cc1. The molecule has 0 aliphatic carbocycles. The van der Waals surface area contributed by atoms with Gasteiger partial charge in [-0.1, -0.05) is 26.0 Å². The summed E-state index contributed by atoms with van der Waals surface area (Å²) in [5.41, 5.74) is 1.01. The first-order chi connectivity index (χ1) is 18.8. The molecule has 10 nitrogen and oxygen atoms in total. The first-order valence-electron chi connectivity index (χ1n) is 13.2. The highest BCUT2D eigenvalue weighted by Crippen LogP contribution is 2.20. The first-order valence-corrected chi connectivity index (χ1v) is 13.2. The number of anilines is 2. The molecule has 10 heteroatoms. The van der Waals surface area contributed by atoms with Gasteiger partial charge >= 0.3 is 5.69 Å². The number of hydrogen-bond donors (Lipinski definition) is 1. The van der Waals surface area contributed by atoms with Gasteiger partial charge in [-0.25, -0.2) is 9.78 Å². The summed E-state index contributed by atoms with van der Waals surface area (Å²) in [4.78, 5) is 38.0. The van der Waals surface area contributed by atoms with E-state index >= 15 is 0 Å². The maximum absolute atomic E-state index is 13.5. The lowest BCUT2D eigenvalue weighted by Crippen LogP contribution is -2.41. The van der Waals surface area contributed by atoms with Crippen molar-refractivity contribution in [2.24, 2.45) is 0 Å². The summed E-state index contributed by atoms with van der Waals surface area (Å²) in [6.07, 6.45) is 1.47. The summed E-state index contributed by atoms with van der Waals surface area (Å²) in [5, 5.41) is 3.44. The zero-order valence-corrected chi connectivity index (χ0v) is 23.2. The number of ether oxygens (including phenoxy) is 2. The Hall–Kier alpha value is -4.18. The third-order valence-electron chi connectivity index (χ3n) is 6.61. The van der Waals surface area contributed by atoms with Crippen molar-refractivity contribution in [3.63, 3.8) is 0 Å². The molecular formula is C29H36N6O4. The number of methoxy groups -OCH3 is 1. The molecule has 0 amide bonds. The van der Waals surface area contributed by atoms with Gasteiger partial charge in [-0.2, -0.15) is 4.98 Å². The fourth-order valence-electron chi connectivity index (χ4n) is 4.33. The van der Waals surface area contributed by atoms with Crippen LogP contribution in [0.15, 0.2) is 64.3 Å². The number of fused-ring (bicyclic) bond motifs is 1. The molecule has 0 unspecified atom stereocenters. The predicted molar refractivity (Wildman–Crippen MR) is 154 cm³/mol. The number of nitrogens with zero attached hydrogens (tertiary/aromatic N) is 5. The predicted octanol–water partition coefficient (Wildman–Crippen LogP) is 4.06. The van der Waals surface area contributed by atoms with Gasteiger partial charge in [0.25, 0.3) is 5.56 Å². The zero-order valence-electron chi connectivity index (χ0n) is 23.2. The Labute approximate surface area is 227 Å². The molecule has 0 atom stereocenters. The lowest BCUT2D eigenvalue weighted by molar-refractivity contribution is 0.223. The van der Waals surface area contributed by atoms with E-state index in [1.807, 2.05) is 50.2 Å². The van der Waals surface area contributed by atoms with Gasteiger partial charge in [-0.05, 0) is 68.9 Å². The van der Waals surface area contributed by atoms with Gasteiger partial charge in [0, 0.05) is 24.5 Å². The second-order valence-electron chi connectivity index (χ2n) is 9.44. The van der Waals surface area contributed by atoms with Crippen molar-refractivity contribution in [2.45, 2.75) is 40.3 Å². The number of aromatic nitrogens is 4. The molecule has 0 bridgehead atoms. The zero-order chi connectivity index (χ0) is 27.9. The molecule has 4 rings (SSSR count). The van der Waals surface area contributed by atoms with Crippen molar-refractivity contribution in [1.82, 2.24) is 24.0 Å².